The highest BCUT2D eigenvalue weighted by Crippen LogP contribution is 2.34. The largest absolute Gasteiger partial charge is 0.393 e. The molecule has 15 heteroatoms. The van der Waals surface area contributed by atoms with Crippen LogP contribution < -0.4 is 10.6 Å². The Balaban J connectivity index is 1.10. The zero-order valence-electron chi connectivity index (χ0n) is 24.7. The number of hydrogen-bond acceptors (Lipinski definition) is 11. The molecule has 3 aliphatic carbocycles. The molecular weight excluding hydrogens is 617 g/mol. The average molecular weight is 653 g/mol. The Morgan fingerprint density at radius 2 is 1.64 bits per heavy atom. The van der Waals surface area contributed by atoms with Crippen LogP contribution in [0.25, 0.3) is 11.4 Å². The molecule has 45 heavy (non-hydrogen) atoms. The van der Waals surface area contributed by atoms with Crippen molar-refractivity contribution in [1.29, 1.82) is 0 Å². The van der Waals surface area contributed by atoms with Crippen molar-refractivity contribution in [3.05, 3.63) is 42.5 Å². The summed E-state index contributed by atoms with van der Waals surface area (Å²) >= 11 is 0. The fraction of sp³-hybridized carbons (Fsp3) is 0.533. The molecular formula is C30H36N8O5S2. The first kappa shape index (κ1) is 30.1. The van der Waals surface area contributed by atoms with E-state index in [2.05, 4.69) is 42.5 Å². The van der Waals surface area contributed by atoms with Gasteiger partial charge in [0.25, 0.3) is 10.0 Å². The van der Waals surface area contributed by atoms with Crippen LogP contribution in [0.2, 0.25) is 0 Å². The van der Waals surface area contributed by atoms with Gasteiger partial charge in [0.05, 0.1) is 45.8 Å². The number of pyridine rings is 1. The summed E-state index contributed by atoms with van der Waals surface area (Å²) in [5, 5.41) is 20.2. The van der Waals surface area contributed by atoms with Gasteiger partial charge in [-0.1, -0.05) is 11.8 Å². The molecule has 4 fully saturated rings. The minimum Gasteiger partial charge on any atom is -0.393 e. The monoisotopic (exact) mass is 652 g/mol. The van der Waals surface area contributed by atoms with Gasteiger partial charge in [0.1, 0.15) is 11.6 Å². The standard InChI is InChI=1S/C30H36N8O5S2/c39-24-5-3-23(4-6-24)34-27-15-29(32-16-21(27)2-1-20-12-14-37(18-20)44(40,41)25-7-8-25)35-28-11-13-31-30(36-28)22-17-33-38(19-22)45(42,43)26-9-10-26/h11,13,15-17,19-20,23-26,39H,3-10,12,14,18H2,(H2,31,32,34,35,36). The number of hydrogen-bond donors (Lipinski definition) is 3. The second-order valence-electron chi connectivity index (χ2n) is 12.4. The Labute approximate surface area is 263 Å². The van der Waals surface area contributed by atoms with E-state index in [-0.39, 0.29) is 28.6 Å². The smallest absolute Gasteiger partial charge is 0.256 e. The van der Waals surface area contributed by atoms with E-state index in [4.69, 9.17) is 0 Å². The Morgan fingerprint density at radius 1 is 0.889 bits per heavy atom. The Morgan fingerprint density at radius 3 is 2.40 bits per heavy atom. The van der Waals surface area contributed by atoms with E-state index in [0.717, 1.165) is 48.3 Å². The lowest BCUT2D eigenvalue weighted by atomic mass is 9.93. The van der Waals surface area contributed by atoms with Crippen molar-refractivity contribution in [1.82, 2.24) is 28.4 Å². The van der Waals surface area contributed by atoms with Crippen molar-refractivity contribution in [2.75, 3.05) is 23.7 Å². The van der Waals surface area contributed by atoms with E-state index >= 15 is 0 Å². The molecule has 1 saturated heterocycles. The molecule has 7 rings (SSSR count). The highest BCUT2D eigenvalue weighted by Gasteiger charge is 2.42. The molecule has 4 aliphatic rings. The average Bonchev–Trinajstić information content (AvgIpc) is 3.96. The molecule has 3 N–H and O–H groups in total. The van der Waals surface area contributed by atoms with Crippen LogP contribution in [0.1, 0.15) is 63.4 Å². The molecule has 3 saturated carbocycles. The van der Waals surface area contributed by atoms with Gasteiger partial charge in [-0.3, -0.25) is 0 Å². The molecule has 1 unspecified atom stereocenters. The van der Waals surface area contributed by atoms with E-state index in [1.165, 1.54) is 12.4 Å². The van der Waals surface area contributed by atoms with Gasteiger partial charge in [0, 0.05) is 43.5 Å². The molecule has 0 bridgehead atoms. The van der Waals surface area contributed by atoms with Gasteiger partial charge in [0.2, 0.25) is 10.0 Å². The third-order valence-electron chi connectivity index (χ3n) is 8.76. The van der Waals surface area contributed by atoms with Crippen molar-refractivity contribution in [2.45, 2.75) is 80.4 Å². The van der Waals surface area contributed by atoms with Gasteiger partial charge in [-0.15, -0.1) is 0 Å². The maximum atomic E-state index is 12.7. The minimum absolute atomic E-state index is 0.0444. The van der Waals surface area contributed by atoms with Crippen LogP contribution in [0.5, 0.6) is 0 Å². The number of aromatic nitrogens is 5. The summed E-state index contributed by atoms with van der Waals surface area (Å²) in [4.78, 5) is 13.4. The highest BCUT2D eigenvalue weighted by molar-refractivity contribution is 7.90. The molecule has 238 valence electrons. The Hall–Kier alpha value is -3.58. The van der Waals surface area contributed by atoms with E-state index in [0.29, 0.717) is 60.9 Å². The molecule has 0 aromatic carbocycles. The van der Waals surface area contributed by atoms with E-state index in [1.54, 1.807) is 22.8 Å². The number of rotatable bonds is 9. The third-order valence-corrected chi connectivity index (χ3v) is 13.2. The molecule has 0 radical (unpaired) electrons. The summed E-state index contributed by atoms with van der Waals surface area (Å²) in [7, 11) is -6.70. The number of nitrogens with one attached hydrogen (secondary N) is 2. The molecule has 4 heterocycles. The quantitative estimate of drug-likeness (QED) is 0.290. The zero-order valence-corrected chi connectivity index (χ0v) is 26.3. The molecule has 3 aromatic rings. The molecule has 13 nitrogen and oxygen atoms in total. The van der Waals surface area contributed by atoms with Gasteiger partial charge < -0.3 is 15.7 Å². The van der Waals surface area contributed by atoms with E-state index < -0.39 is 20.0 Å². The predicted molar refractivity (Wildman–Crippen MR) is 168 cm³/mol. The third kappa shape index (κ3) is 6.69. The van der Waals surface area contributed by atoms with Gasteiger partial charge >= 0.3 is 0 Å². The number of aliphatic hydroxyl groups excluding tert-OH is 1. The summed E-state index contributed by atoms with van der Waals surface area (Å²) < 4.78 is 53.0. The lowest BCUT2D eigenvalue weighted by Gasteiger charge is -2.27. The van der Waals surface area contributed by atoms with Gasteiger partial charge in [-0.25, -0.2) is 36.1 Å². The summed E-state index contributed by atoms with van der Waals surface area (Å²) in [6, 6.07) is 3.74. The van der Waals surface area contributed by atoms with Crippen LogP contribution >= 0.6 is 0 Å². The minimum atomic E-state index is -3.49. The number of anilines is 3. The fourth-order valence-electron chi connectivity index (χ4n) is 5.79. The van der Waals surface area contributed by atoms with Gasteiger partial charge in [0.15, 0.2) is 5.82 Å². The number of sulfonamides is 1. The number of aliphatic hydroxyl groups is 1. The Bertz CT molecular complexity index is 1850. The first-order chi connectivity index (χ1) is 21.6. The van der Waals surface area contributed by atoms with Crippen molar-refractivity contribution in [3.63, 3.8) is 0 Å². The van der Waals surface area contributed by atoms with E-state index in [9.17, 15) is 21.9 Å². The lowest BCUT2D eigenvalue weighted by molar-refractivity contribution is 0.126. The highest BCUT2D eigenvalue weighted by atomic mass is 32.2. The second-order valence-corrected chi connectivity index (χ2v) is 16.6. The van der Waals surface area contributed by atoms with Crippen LogP contribution in [0.15, 0.2) is 36.9 Å². The van der Waals surface area contributed by atoms with E-state index in [1.807, 2.05) is 6.07 Å². The van der Waals surface area contributed by atoms with Crippen molar-refractivity contribution in [3.8, 4) is 23.2 Å². The first-order valence-corrected chi connectivity index (χ1v) is 18.5. The normalized spacial score (nSPS) is 24.2. The number of nitrogens with zero attached hydrogens (tertiary/aromatic N) is 6. The summed E-state index contributed by atoms with van der Waals surface area (Å²) in [5.41, 5.74) is 1.99. The van der Waals surface area contributed by atoms with Crippen LogP contribution in [-0.4, -0.2) is 86.1 Å². The van der Waals surface area contributed by atoms with Crippen molar-refractivity contribution >= 4 is 37.4 Å². The molecule has 3 aromatic heterocycles. The lowest BCUT2D eigenvalue weighted by Crippen LogP contribution is -2.31. The summed E-state index contributed by atoms with van der Waals surface area (Å²) in [6.07, 6.45) is 12.5. The SMILES string of the molecule is O=S(=O)(C1CC1)N1CCC(C#Cc2cnc(Nc3ccnc(-c4cnn(S(=O)(=O)C5CC5)c4)n3)cc2NC2CCC(O)CC2)C1. The van der Waals surface area contributed by atoms with Gasteiger partial charge in [-0.2, -0.15) is 9.19 Å². The topological polar surface area (TPSA) is 172 Å². The second kappa shape index (κ2) is 12.0. The van der Waals surface area contributed by atoms with Crippen LogP contribution in [0, 0.1) is 17.8 Å². The fourth-order valence-corrected chi connectivity index (χ4v) is 9.17. The summed E-state index contributed by atoms with van der Waals surface area (Å²) in [6.45, 7) is 0.927. The molecule has 1 atom stereocenters. The maximum absolute atomic E-state index is 12.7. The van der Waals surface area contributed by atoms with Crippen molar-refractivity contribution < 1.29 is 21.9 Å². The summed E-state index contributed by atoms with van der Waals surface area (Å²) in [5.74, 6) is 7.84. The van der Waals surface area contributed by atoms with Gasteiger partial charge in [-0.05, 0) is 63.9 Å². The van der Waals surface area contributed by atoms with Crippen LogP contribution in [0.4, 0.5) is 17.3 Å². The zero-order chi connectivity index (χ0) is 31.2. The van der Waals surface area contributed by atoms with Crippen LogP contribution in [-0.2, 0) is 20.0 Å². The molecule has 0 amide bonds. The maximum Gasteiger partial charge on any atom is 0.256 e. The first-order valence-electron chi connectivity index (χ1n) is 15.5. The van der Waals surface area contributed by atoms with Crippen LogP contribution in [0.3, 0.4) is 0 Å². The van der Waals surface area contributed by atoms with Crippen molar-refractivity contribution in [2.24, 2.45) is 5.92 Å². The molecule has 1 aliphatic heterocycles. The Kier molecular flexibility index (Phi) is 8.01. The predicted octanol–water partition coefficient (Wildman–Crippen LogP) is 2.70. The molecule has 0 spiro atoms.